The van der Waals surface area contributed by atoms with Gasteiger partial charge in [0.2, 0.25) is 15.9 Å². The molecule has 2 aliphatic rings. The average molecular weight is 369 g/mol. The lowest BCUT2D eigenvalue weighted by molar-refractivity contribution is -0.134. The van der Waals surface area contributed by atoms with Crippen LogP contribution in [0.5, 0.6) is 0 Å². The average Bonchev–Trinajstić information content (AvgIpc) is 3.40. The number of piperidine rings is 1. The van der Waals surface area contributed by atoms with Crippen LogP contribution in [-0.4, -0.2) is 61.5 Å². The molecule has 1 aliphatic heterocycles. The zero-order valence-corrected chi connectivity index (χ0v) is 15.4. The summed E-state index contributed by atoms with van der Waals surface area (Å²) in [7, 11) is 0.0987. The molecule has 0 bridgehead atoms. The third kappa shape index (κ3) is 3.64. The number of rotatable bonds is 5. The molecule has 1 saturated carbocycles. The number of anilines is 1. The van der Waals surface area contributed by atoms with Crippen LogP contribution in [0.25, 0.3) is 0 Å². The molecule has 25 heavy (non-hydrogen) atoms. The molecule has 0 radical (unpaired) electrons. The van der Waals surface area contributed by atoms with Crippen molar-refractivity contribution in [3.63, 3.8) is 0 Å². The highest BCUT2D eigenvalue weighted by molar-refractivity contribution is 7.90. The number of nitrogens with zero attached hydrogens (tertiary/aromatic N) is 2. The molecule has 1 heterocycles. The van der Waals surface area contributed by atoms with Crippen molar-refractivity contribution >= 4 is 21.6 Å². The van der Waals surface area contributed by atoms with Crippen molar-refractivity contribution in [3.8, 4) is 0 Å². The number of likely N-dealkylation sites (N-methyl/N-ethyl adjacent to an activating group) is 1. The van der Waals surface area contributed by atoms with E-state index >= 15 is 0 Å². The summed E-state index contributed by atoms with van der Waals surface area (Å²) in [6.07, 6.45) is 2.16. The van der Waals surface area contributed by atoms with Crippen LogP contribution in [-0.2, 0) is 14.8 Å². The Morgan fingerprint density at radius 2 is 1.92 bits per heavy atom. The molecule has 6 nitrogen and oxygen atoms in total. The van der Waals surface area contributed by atoms with Gasteiger partial charge in [0.15, 0.2) is 0 Å². The lowest BCUT2D eigenvalue weighted by Crippen LogP contribution is -2.58. The first-order valence-electron chi connectivity index (χ1n) is 8.49. The van der Waals surface area contributed by atoms with Gasteiger partial charge < -0.3 is 10.2 Å². The van der Waals surface area contributed by atoms with Gasteiger partial charge in [0.05, 0.1) is 5.25 Å². The Labute approximate surface area is 148 Å². The topological polar surface area (TPSA) is 69.7 Å². The highest BCUT2D eigenvalue weighted by Gasteiger charge is 2.47. The van der Waals surface area contributed by atoms with Crippen LogP contribution in [0.1, 0.15) is 25.7 Å². The zero-order valence-electron chi connectivity index (χ0n) is 14.5. The van der Waals surface area contributed by atoms with Crippen molar-refractivity contribution in [2.75, 3.05) is 32.5 Å². The summed E-state index contributed by atoms with van der Waals surface area (Å²) in [5.74, 6) is -0.508. The SMILES string of the molecule is CN(C)C(=O)C1(Nc2cccc(F)c2)CCN(S(=O)(=O)C2CC2)CC1. The van der Waals surface area contributed by atoms with E-state index in [1.165, 1.54) is 21.3 Å². The standard InChI is InChI=1S/C17H24FN3O3S/c1-20(2)16(22)17(19-14-5-3-4-13(18)12-14)8-10-21(11-9-17)25(23,24)15-6-7-15/h3-5,12,15,19H,6-11H2,1-2H3. The summed E-state index contributed by atoms with van der Waals surface area (Å²) >= 11 is 0. The number of hydrogen-bond donors (Lipinski definition) is 1. The summed E-state index contributed by atoms with van der Waals surface area (Å²) in [6.45, 7) is 0.585. The van der Waals surface area contributed by atoms with E-state index in [0.29, 0.717) is 31.6 Å². The van der Waals surface area contributed by atoms with Crippen molar-refractivity contribution < 1.29 is 17.6 Å². The van der Waals surface area contributed by atoms with E-state index in [1.54, 1.807) is 26.2 Å². The second kappa shape index (κ2) is 6.57. The number of carbonyl (C=O) groups excluding carboxylic acids is 1. The van der Waals surface area contributed by atoms with Crippen LogP contribution in [0.2, 0.25) is 0 Å². The molecule has 0 spiro atoms. The molecular weight excluding hydrogens is 345 g/mol. The highest BCUT2D eigenvalue weighted by Crippen LogP contribution is 2.35. The third-order valence-electron chi connectivity index (χ3n) is 4.91. The van der Waals surface area contributed by atoms with Gasteiger partial charge in [0.25, 0.3) is 0 Å². The molecule has 8 heteroatoms. The molecule has 0 aromatic heterocycles. The number of nitrogens with one attached hydrogen (secondary N) is 1. The van der Waals surface area contributed by atoms with Gasteiger partial charge in [-0.05, 0) is 43.9 Å². The van der Waals surface area contributed by atoms with Crippen molar-refractivity contribution in [2.45, 2.75) is 36.5 Å². The lowest BCUT2D eigenvalue weighted by Gasteiger charge is -2.42. The van der Waals surface area contributed by atoms with E-state index in [9.17, 15) is 17.6 Å². The van der Waals surface area contributed by atoms with Gasteiger partial charge >= 0.3 is 0 Å². The van der Waals surface area contributed by atoms with Gasteiger partial charge in [0, 0.05) is 32.9 Å². The maximum atomic E-state index is 13.5. The van der Waals surface area contributed by atoms with Crippen LogP contribution in [0.4, 0.5) is 10.1 Å². The second-order valence-corrected chi connectivity index (χ2v) is 9.27. The summed E-state index contributed by atoms with van der Waals surface area (Å²) in [4.78, 5) is 14.3. The number of sulfonamides is 1. The van der Waals surface area contributed by atoms with Crippen LogP contribution >= 0.6 is 0 Å². The molecule has 1 amide bonds. The smallest absolute Gasteiger partial charge is 0.247 e. The fourth-order valence-corrected chi connectivity index (χ4v) is 5.21. The van der Waals surface area contributed by atoms with Gasteiger partial charge in [-0.25, -0.2) is 17.1 Å². The predicted molar refractivity (Wildman–Crippen MR) is 94.2 cm³/mol. The van der Waals surface area contributed by atoms with Crippen molar-refractivity contribution in [1.82, 2.24) is 9.21 Å². The van der Waals surface area contributed by atoms with Crippen molar-refractivity contribution in [2.24, 2.45) is 0 Å². The first kappa shape index (κ1) is 18.1. The Balaban J connectivity index is 1.81. The summed E-state index contributed by atoms with van der Waals surface area (Å²) in [6, 6.07) is 5.98. The second-order valence-electron chi connectivity index (χ2n) is 7.06. The Morgan fingerprint density at radius 1 is 1.28 bits per heavy atom. The first-order valence-corrected chi connectivity index (χ1v) is 9.99. The lowest BCUT2D eigenvalue weighted by atomic mass is 9.86. The number of carbonyl (C=O) groups is 1. The van der Waals surface area contributed by atoms with Crippen molar-refractivity contribution in [1.29, 1.82) is 0 Å². The molecule has 2 fully saturated rings. The maximum Gasteiger partial charge on any atom is 0.247 e. The molecule has 3 rings (SSSR count). The van der Waals surface area contributed by atoms with Crippen molar-refractivity contribution in [3.05, 3.63) is 30.1 Å². The highest BCUT2D eigenvalue weighted by atomic mass is 32.2. The molecule has 1 saturated heterocycles. The van der Waals surface area contributed by atoms with E-state index in [2.05, 4.69) is 5.32 Å². The molecule has 138 valence electrons. The van der Waals surface area contributed by atoms with E-state index in [-0.39, 0.29) is 17.0 Å². The quantitative estimate of drug-likeness (QED) is 0.857. The monoisotopic (exact) mass is 369 g/mol. The van der Waals surface area contributed by atoms with Gasteiger partial charge in [-0.3, -0.25) is 4.79 Å². The maximum absolute atomic E-state index is 13.5. The fraction of sp³-hybridized carbons (Fsp3) is 0.588. The summed E-state index contributed by atoms with van der Waals surface area (Å²) in [5.41, 5.74) is -0.402. The molecule has 1 N–H and O–H groups in total. The number of halogens is 1. The molecular formula is C17H24FN3O3S. The van der Waals surface area contributed by atoms with Gasteiger partial charge in [0.1, 0.15) is 11.4 Å². The number of benzene rings is 1. The van der Waals surface area contributed by atoms with Crippen LogP contribution in [0.3, 0.4) is 0 Å². The van der Waals surface area contributed by atoms with Crippen LogP contribution < -0.4 is 5.32 Å². The molecule has 1 aliphatic carbocycles. The minimum atomic E-state index is -3.24. The third-order valence-corrected chi connectivity index (χ3v) is 7.30. The van der Waals surface area contributed by atoms with E-state index in [1.807, 2.05) is 0 Å². The minimum Gasteiger partial charge on any atom is -0.371 e. The summed E-state index contributed by atoms with van der Waals surface area (Å²) in [5, 5.41) is 2.93. The molecule has 0 atom stereocenters. The van der Waals surface area contributed by atoms with Gasteiger partial charge in [-0.1, -0.05) is 6.07 Å². The normalized spacial score (nSPS) is 20.9. The first-order chi connectivity index (χ1) is 11.7. The predicted octanol–water partition coefficient (Wildman–Crippen LogP) is 1.65. The molecule has 1 aromatic rings. The fourth-order valence-electron chi connectivity index (χ4n) is 3.36. The Hall–Kier alpha value is -1.67. The Bertz CT molecular complexity index is 754. The van der Waals surface area contributed by atoms with Crippen LogP contribution in [0, 0.1) is 5.82 Å². The Kier molecular flexibility index (Phi) is 4.76. The largest absolute Gasteiger partial charge is 0.371 e. The Morgan fingerprint density at radius 3 is 2.44 bits per heavy atom. The number of hydrogen-bond acceptors (Lipinski definition) is 4. The molecule has 0 unspecified atom stereocenters. The van der Waals surface area contributed by atoms with E-state index in [0.717, 1.165) is 12.8 Å². The zero-order chi connectivity index (χ0) is 18.2. The van der Waals surface area contributed by atoms with E-state index < -0.39 is 15.6 Å². The van der Waals surface area contributed by atoms with E-state index in [4.69, 9.17) is 0 Å². The van der Waals surface area contributed by atoms with Gasteiger partial charge in [-0.2, -0.15) is 0 Å². The van der Waals surface area contributed by atoms with Crippen LogP contribution in [0.15, 0.2) is 24.3 Å². The summed E-state index contributed by atoms with van der Waals surface area (Å²) < 4.78 is 39.8. The molecule has 1 aromatic carbocycles. The number of amides is 1. The van der Waals surface area contributed by atoms with Gasteiger partial charge in [-0.15, -0.1) is 0 Å². The minimum absolute atomic E-state index is 0.125.